The van der Waals surface area contributed by atoms with Gasteiger partial charge in [-0.05, 0) is 25.1 Å². The number of benzene rings is 1. The minimum atomic E-state index is -4.82. The van der Waals surface area contributed by atoms with E-state index in [1.54, 1.807) is 0 Å². The molecule has 0 saturated carbocycles. The van der Waals surface area contributed by atoms with E-state index in [1.807, 2.05) is 5.43 Å². The Labute approximate surface area is 138 Å². The van der Waals surface area contributed by atoms with E-state index in [0.29, 0.717) is 6.07 Å². The first-order valence-electron chi connectivity index (χ1n) is 6.89. The number of hydrogen-bond acceptors (Lipinski definition) is 4. The van der Waals surface area contributed by atoms with Crippen LogP contribution >= 0.6 is 0 Å². The van der Waals surface area contributed by atoms with Gasteiger partial charge >= 0.3 is 12.4 Å². The molecule has 0 spiro atoms. The zero-order valence-corrected chi connectivity index (χ0v) is 12.6. The van der Waals surface area contributed by atoms with Gasteiger partial charge in [0.15, 0.2) is 0 Å². The predicted molar refractivity (Wildman–Crippen MR) is 73.9 cm³/mol. The minimum Gasteiger partial charge on any atom is -0.324 e. The third-order valence-corrected chi connectivity index (χ3v) is 3.73. The molecule has 3 N–H and O–H groups in total. The zero-order chi connectivity index (χ0) is 19.0. The van der Waals surface area contributed by atoms with E-state index in [2.05, 4.69) is 10.7 Å². The molecule has 1 aliphatic rings. The van der Waals surface area contributed by atoms with Crippen LogP contribution in [0.15, 0.2) is 18.2 Å². The molecule has 1 aliphatic heterocycles. The molecule has 0 radical (unpaired) electrons. The monoisotopic (exact) mass is 366 g/mol. The molecular weight excluding hydrogens is 354 g/mol. The number of nitrogens with one attached hydrogen (secondary N) is 3. The molecule has 2 atom stereocenters. The Bertz CT molecular complexity index is 724. The lowest BCUT2D eigenvalue weighted by Gasteiger charge is -2.23. The minimum absolute atomic E-state index is 0.283. The molecule has 0 bridgehead atoms. The second-order valence-corrected chi connectivity index (χ2v) is 5.72. The molecule has 1 aromatic carbocycles. The van der Waals surface area contributed by atoms with Gasteiger partial charge in [-0.2, -0.15) is 31.6 Å². The maximum Gasteiger partial charge on any atom is 0.417 e. The Morgan fingerprint density at radius 2 is 1.96 bits per heavy atom. The van der Waals surface area contributed by atoms with Crippen molar-refractivity contribution in [3.05, 3.63) is 29.3 Å². The standard InChI is InChI=1S/C14H12F6N4O/c1-12(5-10(23-24-12)14(18,19)20)11(25)22-8-3-2-7(6-21)9(4-8)13(15,16)17/h2-4,10,23-24H,5H2,1H3,(H,22,25)/t10?,12-/m0/s1. The van der Waals surface area contributed by atoms with E-state index < -0.39 is 47.4 Å². The number of alkyl halides is 6. The van der Waals surface area contributed by atoms with Crippen LogP contribution in [0.1, 0.15) is 24.5 Å². The van der Waals surface area contributed by atoms with Gasteiger partial charge in [0, 0.05) is 12.1 Å². The fourth-order valence-electron chi connectivity index (χ4n) is 2.33. The third-order valence-electron chi connectivity index (χ3n) is 3.73. The fraction of sp³-hybridized carbons (Fsp3) is 0.429. The number of amides is 1. The summed E-state index contributed by atoms with van der Waals surface area (Å²) in [6.07, 6.45) is -10.0. The second-order valence-electron chi connectivity index (χ2n) is 5.72. The van der Waals surface area contributed by atoms with Crippen LogP contribution in [0.5, 0.6) is 0 Å². The van der Waals surface area contributed by atoms with Crippen molar-refractivity contribution in [1.82, 2.24) is 10.9 Å². The lowest BCUT2D eigenvalue weighted by atomic mass is 9.95. The van der Waals surface area contributed by atoms with Crippen LogP contribution in [0.3, 0.4) is 0 Å². The van der Waals surface area contributed by atoms with Crippen LogP contribution in [-0.2, 0) is 11.0 Å². The summed E-state index contributed by atoms with van der Waals surface area (Å²) in [7, 11) is 0. The van der Waals surface area contributed by atoms with E-state index in [-0.39, 0.29) is 5.69 Å². The zero-order valence-electron chi connectivity index (χ0n) is 12.6. The van der Waals surface area contributed by atoms with E-state index in [0.717, 1.165) is 12.1 Å². The fourth-order valence-corrected chi connectivity index (χ4v) is 2.33. The van der Waals surface area contributed by atoms with Gasteiger partial charge < -0.3 is 5.32 Å². The summed E-state index contributed by atoms with van der Waals surface area (Å²) in [4.78, 5) is 12.2. The number of carbonyl (C=O) groups excluding carboxylic acids is 1. The molecule has 5 nitrogen and oxygen atoms in total. The van der Waals surface area contributed by atoms with Crippen LogP contribution in [0.4, 0.5) is 32.0 Å². The summed E-state index contributed by atoms with van der Waals surface area (Å²) in [5.74, 6) is -0.940. The number of rotatable bonds is 2. The molecule has 2 rings (SSSR count). The van der Waals surface area contributed by atoms with Crippen molar-refractivity contribution in [2.45, 2.75) is 37.3 Å². The van der Waals surface area contributed by atoms with Gasteiger partial charge in [0.05, 0.1) is 17.2 Å². The van der Waals surface area contributed by atoms with E-state index in [1.165, 1.54) is 13.0 Å². The van der Waals surface area contributed by atoms with Gasteiger partial charge in [0.2, 0.25) is 5.91 Å². The Morgan fingerprint density at radius 3 is 2.44 bits per heavy atom. The Morgan fingerprint density at radius 1 is 1.32 bits per heavy atom. The van der Waals surface area contributed by atoms with Crippen LogP contribution in [0.25, 0.3) is 0 Å². The summed E-state index contributed by atoms with van der Waals surface area (Å²) >= 11 is 0. The second kappa shape index (κ2) is 6.20. The number of nitrogens with zero attached hydrogens (tertiary/aromatic N) is 1. The highest BCUT2D eigenvalue weighted by Crippen LogP contribution is 2.34. The van der Waals surface area contributed by atoms with Crippen LogP contribution < -0.4 is 16.2 Å². The summed E-state index contributed by atoms with van der Waals surface area (Å²) in [6, 6.07) is 1.93. The number of anilines is 1. The first-order valence-corrected chi connectivity index (χ1v) is 6.89. The van der Waals surface area contributed by atoms with Crippen LogP contribution in [0, 0.1) is 11.3 Å². The Hall–Kier alpha value is -2.32. The SMILES string of the molecule is C[C@@]1(C(=O)Nc2ccc(C#N)c(C(F)(F)F)c2)CC(C(F)(F)F)NN1. The lowest BCUT2D eigenvalue weighted by molar-refractivity contribution is -0.153. The molecule has 1 amide bonds. The normalized spacial score (nSPS) is 24.0. The summed E-state index contributed by atoms with van der Waals surface area (Å²) in [5.41, 5.74) is 0.336. The molecule has 25 heavy (non-hydrogen) atoms. The Balaban J connectivity index is 2.20. The van der Waals surface area contributed by atoms with Gasteiger partial charge in [-0.15, -0.1) is 0 Å². The van der Waals surface area contributed by atoms with Gasteiger partial charge in [0.25, 0.3) is 0 Å². The highest BCUT2D eigenvalue weighted by atomic mass is 19.4. The maximum atomic E-state index is 12.9. The summed E-state index contributed by atoms with van der Waals surface area (Å²) in [5, 5.41) is 10.9. The highest BCUT2D eigenvalue weighted by molar-refractivity contribution is 5.98. The molecule has 0 aliphatic carbocycles. The first-order chi connectivity index (χ1) is 11.4. The highest BCUT2D eigenvalue weighted by Gasteiger charge is 2.51. The third kappa shape index (κ3) is 4.02. The molecular formula is C14H12F6N4O. The predicted octanol–water partition coefficient (Wildman–Crippen LogP) is 2.70. The molecule has 11 heteroatoms. The van der Waals surface area contributed by atoms with E-state index in [4.69, 9.17) is 5.26 Å². The smallest absolute Gasteiger partial charge is 0.324 e. The van der Waals surface area contributed by atoms with Crippen molar-refractivity contribution in [2.24, 2.45) is 0 Å². The average Bonchev–Trinajstić information content (AvgIpc) is 2.90. The van der Waals surface area contributed by atoms with Crippen molar-refractivity contribution in [3.63, 3.8) is 0 Å². The quantitative estimate of drug-likeness (QED) is 0.704. The van der Waals surface area contributed by atoms with Gasteiger partial charge in [-0.25, -0.2) is 10.9 Å². The van der Waals surface area contributed by atoms with Gasteiger partial charge in [0.1, 0.15) is 11.6 Å². The number of nitriles is 1. The largest absolute Gasteiger partial charge is 0.417 e. The number of hydrazine groups is 1. The molecule has 1 heterocycles. The topological polar surface area (TPSA) is 77.0 Å². The molecule has 1 unspecified atom stereocenters. The Kier molecular flexibility index (Phi) is 4.71. The van der Waals surface area contributed by atoms with Crippen molar-refractivity contribution in [2.75, 3.05) is 5.32 Å². The molecule has 1 aromatic rings. The van der Waals surface area contributed by atoms with Crippen molar-refractivity contribution in [1.29, 1.82) is 5.26 Å². The maximum absolute atomic E-state index is 12.9. The summed E-state index contributed by atoms with van der Waals surface area (Å²) < 4.78 is 76.7. The molecule has 136 valence electrons. The lowest BCUT2D eigenvalue weighted by Crippen LogP contribution is -2.51. The van der Waals surface area contributed by atoms with Crippen molar-refractivity contribution >= 4 is 11.6 Å². The van der Waals surface area contributed by atoms with Crippen molar-refractivity contribution in [3.8, 4) is 6.07 Å². The first kappa shape index (κ1) is 19.0. The molecule has 1 saturated heterocycles. The van der Waals surface area contributed by atoms with Crippen molar-refractivity contribution < 1.29 is 31.1 Å². The average molecular weight is 366 g/mol. The number of hydrogen-bond donors (Lipinski definition) is 3. The van der Waals surface area contributed by atoms with E-state index in [9.17, 15) is 31.1 Å². The van der Waals surface area contributed by atoms with Gasteiger partial charge in [-0.1, -0.05) is 0 Å². The van der Waals surface area contributed by atoms with E-state index >= 15 is 0 Å². The number of carbonyl (C=O) groups is 1. The summed E-state index contributed by atoms with van der Waals surface area (Å²) in [6.45, 7) is 1.19. The van der Waals surface area contributed by atoms with Crippen LogP contribution in [0.2, 0.25) is 0 Å². The van der Waals surface area contributed by atoms with Crippen LogP contribution in [-0.4, -0.2) is 23.7 Å². The van der Waals surface area contributed by atoms with Gasteiger partial charge in [-0.3, -0.25) is 4.79 Å². The molecule has 0 aromatic heterocycles. The molecule has 1 fully saturated rings. The number of halogens is 6.